The Hall–Kier alpha value is -0.630. The molecule has 2 unspecified atom stereocenters. The summed E-state index contributed by atoms with van der Waals surface area (Å²) in [6.45, 7) is 3.83. The molecule has 0 spiro atoms. The van der Waals surface area contributed by atoms with Crippen molar-refractivity contribution in [2.24, 2.45) is 5.84 Å². The Morgan fingerprint density at radius 2 is 1.95 bits per heavy atom. The Morgan fingerprint density at radius 3 is 2.32 bits per heavy atom. The van der Waals surface area contributed by atoms with E-state index in [2.05, 4.69) is 5.43 Å². The maximum Gasteiger partial charge on any atom is 0.417 e. The molecule has 1 heterocycles. The molecule has 0 amide bonds. The van der Waals surface area contributed by atoms with E-state index in [0.29, 0.717) is 6.42 Å². The van der Waals surface area contributed by atoms with Crippen molar-refractivity contribution in [3.05, 3.63) is 21.9 Å². The van der Waals surface area contributed by atoms with E-state index in [0.717, 1.165) is 16.7 Å². The lowest BCUT2D eigenvalue weighted by Crippen LogP contribution is -2.53. The zero-order valence-electron chi connectivity index (χ0n) is 11.5. The lowest BCUT2D eigenvalue weighted by molar-refractivity contribution is -0.138. The van der Waals surface area contributed by atoms with Crippen LogP contribution in [0.3, 0.4) is 0 Å². The van der Waals surface area contributed by atoms with Crippen LogP contribution in [0.25, 0.3) is 0 Å². The SMILES string of the molecule is CCC(C)(C(NN)c1cscc1C(F)(F)F)N(C)C. The van der Waals surface area contributed by atoms with Crippen molar-refractivity contribution >= 4 is 11.3 Å². The minimum absolute atomic E-state index is 0.207. The number of halogens is 3. The van der Waals surface area contributed by atoms with E-state index in [4.69, 9.17) is 5.84 Å². The van der Waals surface area contributed by atoms with Gasteiger partial charge in [0, 0.05) is 10.9 Å². The van der Waals surface area contributed by atoms with Crippen molar-refractivity contribution in [3.8, 4) is 0 Å². The summed E-state index contributed by atoms with van der Waals surface area (Å²) in [6, 6.07) is -0.588. The van der Waals surface area contributed by atoms with Gasteiger partial charge in [0.2, 0.25) is 0 Å². The summed E-state index contributed by atoms with van der Waals surface area (Å²) >= 11 is 1.04. The van der Waals surface area contributed by atoms with E-state index in [1.165, 1.54) is 5.38 Å². The molecule has 0 bridgehead atoms. The second-order valence-corrected chi connectivity index (χ2v) is 5.69. The van der Waals surface area contributed by atoms with Crippen LogP contribution in [0.5, 0.6) is 0 Å². The number of hydrazine groups is 1. The lowest BCUT2D eigenvalue weighted by atomic mass is 9.83. The second-order valence-electron chi connectivity index (χ2n) is 4.94. The van der Waals surface area contributed by atoms with E-state index in [9.17, 15) is 13.2 Å². The van der Waals surface area contributed by atoms with Gasteiger partial charge in [0.15, 0.2) is 0 Å². The Morgan fingerprint density at radius 1 is 1.37 bits per heavy atom. The molecule has 0 saturated carbocycles. The van der Waals surface area contributed by atoms with Crippen LogP contribution in [-0.2, 0) is 6.18 Å². The van der Waals surface area contributed by atoms with Crippen molar-refractivity contribution in [2.75, 3.05) is 14.1 Å². The van der Waals surface area contributed by atoms with Crippen LogP contribution >= 0.6 is 11.3 Å². The third-order valence-electron chi connectivity index (χ3n) is 3.83. The van der Waals surface area contributed by atoms with Crippen LogP contribution in [0.15, 0.2) is 10.8 Å². The van der Waals surface area contributed by atoms with E-state index in [-0.39, 0.29) is 5.56 Å². The number of likely N-dealkylation sites (N-methyl/N-ethyl adjacent to an activating group) is 1. The molecule has 0 aliphatic rings. The Labute approximate surface area is 115 Å². The van der Waals surface area contributed by atoms with Gasteiger partial charge in [0.25, 0.3) is 0 Å². The molecular formula is C12H20F3N3S. The maximum absolute atomic E-state index is 13.0. The summed E-state index contributed by atoms with van der Waals surface area (Å²) in [5.41, 5.74) is 1.65. The van der Waals surface area contributed by atoms with E-state index in [1.54, 1.807) is 0 Å². The molecular weight excluding hydrogens is 275 g/mol. The second kappa shape index (κ2) is 5.78. The maximum atomic E-state index is 13.0. The van der Waals surface area contributed by atoms with Gasteiger partial charge in [-0.3, -0.25) is 11.3 Å². The fraction of sp³-hybridized carbons (Fsp3) is 0.667. The molecule has 1 rings (SSSR count). The molecule has 1 aromatic heterocycles. The van der Waals surface area contributed by atoms with E-state index < -0.39 is 23.3 Å². The van der Waals surface area contributed by atoms with Crippen LogP contribution in [0.1, 0.15) is 37.4 Å². The normalized spacial score (nSPS) is 17.5. The van der Waals surface area contributed by atoms with Crippen LogP contribution in [0.4, 0.5) is 13.2 Å². The highest BCUT2D eigenvalue weighted by atomic mass is 32.1. The van der Waals surface area contributed by atoms with Gasteiger partial charge in [-0.05, 0) is 38.4 Å². The van der Waals surface area contributed by atoms with Crippen molar-refractivity contribution in [3.63, 3.8) is 0 Å². The number of thiophene rings is 1. The average Bonchev–Trinajstić information content (AvgIpc) is 2.78. The zero-order chi connectivity index (χ0) is 14.8. The summed E-state index contributed by atoms with van der Waals surface area (Å²) in [4.78, 5) is 1.90. The molecule has 0 aliphatic carbocycles. The van der Waals surface area contributed by atoms with Crippen LogP contribution < -0.4 is 11.3 Å². The van der Waals surface area contributed by atoms with Crippen molar-refractivity contribution in [1.82, 2.24) is 10.3 Å². The van der Waals surface area contributed by atoms with Gasteiger partial charge >= 0.3 is 6.18 Å². The summed E-state index contributed by atoms with van der Waals surface area (Å²) in [7, 11) is 3.68. The first kappa shape index (κ1) is 16.4. The predicted molar refractivity (Wildman–Crippen MR) is 71.8 cm³/mol. The third kappa shape index (κ3) is 3.10. The summed E-state index contributed by atoms with van der Waals surface area (Å²) in [5.74, 6) is 5.54. The van der Waals surface area contributed by atoms with Crippen LogP contribution in [-0.4, -0.2) is 24.5 Å². The topological polar surface area (TPSA) is 41.3 Å². The zero-order valence-corrected chi connectivity index (χ0v) is 12.3. The molecule has 3 N–H and O–H groups in total. The van der Waals surface area contributed by atoms with Gasteiger partial charge in [-0.2, -0.15) is 24.5 Å². The van der Waals surface area contributed by atoms with Crippen LogP contribution in [0, 0.1) is 0 Å². The molecule has 110 valence electrons. The van der Waals surface area contributed by atoms with Gasteiger partial charge in [0.1, 0.15) is 0 Å². The fourth-order valence-corrected chi connectivity index (χ4v) is 3.03. The number of nitrogens with one attached hydrogen (secondary N) is 1. The number of alkyl halides is 3. The fourth-order valence-electron chi connectivity index (χ4n) is 2.14. The first-order valence-corrected chi connectivity index (χ1v) is 6.89. The standard InChI is InChI=1S/C12H20F3N3S/c1-5-11(2,18(3)4)10(17-16)8-6-19-7-9(8)12(13,14)15/h6-7,10,17H,5,16H2,1-4H3. The van der Waals surface area contributed by atoms with Crippen molar-refractivity contribution < 1.29 is 13.2 Å². The molecule has 3 nitrogen and oxygen atoms in total. The summed E-state index contributed by atoms with van der Waals surface area (Å²) in [6.07, 6.45) is -3.69. The largest absolute Gasteiger partial charge is 0.417 e. The summed E-state index contributed by atoms with van der Waals surface area (Å²) in [5, 5.41) is 2.65. The van der Waals surface area contributed by atoms with Gasteiger partial charge in [-0.15, -0.1) is 0 Å². The van der Waals surface area contributed by atoms with Gasteiger partial charge in [-0.25, -0.2) is 0 Å². The minimum atomic E-state index is -4.36. The number of nitrogens with zero attached hydrogens (tertiary/aromatic N) is 1. The smallest absolute Gasteiger partial charge is 0.302 e. The van der Waals surface area contributed by atoms with Gasteiger partial charge < -0.3 is 4.90 Å². The quantitative estimate of drug-likeness (QED) is 0.648. The number of rotatable bonds is 5. The number of nitrogens with two attached hydrogens (primary N) is 1. The third-order valence-corrected chi connectivity index (χ3v) is 4.60. The highest BCUT2D eigenvalue weighted by molar-refractivity contribution is 7.08. The van der Waals surface area contributed by atoms with Gasteiger partial charge in [0.05, 0.1) is 11.6 Å². The number of hydrogen-bond donors (Lipinski definition) is 2. The van der Waals surface area contributed by atoms with Crippen molar-refractivity contribution in [1.29, 1.82) is 0 Å². The van der Waals surface area contributed by atoms with Crippen molar-refractivity contribution in [2.45, 2.75) is 38.0 Å². The monoisotopic (exact) mass is 295 g/mol. The molecule has 0 saturated heterocycles. The Bertz CT molecular complexity index is 417. The van der Waals surface area contributed by atoms with E-state index >= 15 is 0 Å². The molecule has 7 heteroatoms. The van der Waals surface area contributed by atoms with Crippen LogP contribution in [0.2, 0.25) is 0 Å². The first-order chi connectivity index (χ1) is 8.68. The molecule has 0 aliphatic heterocycles. The highest BCUT2D eigenvalue weighted by Crippen LogP contribution is 2.41. The Balaban J connectivity index is 3.29. The molecule has 2 atom stereocenters. The van der Waals surface area contributed by atoms with E-state index in [1.807, 2.05) is 32.8 Å². The first-order valence-electron chi connectivity index (χ1n) is 5.95. The predicted octanol–water partition coefficient (Wildman–Crippen LogP) is 3.00. The van der Waals surface area contributed by atoms with Gasteiger partial charge in [-0.1, -0.05) is 6.92 Å². The molecule has 19 heavy (non-hydrogen) atoms. The number of hydrogen-bond acceptors (Lipinski definition) is 4. The highest BCUT2D eigenvalue weighted by Gasteiger charge is 2.42. The minimum Gasteiger partial charge on any atom is -0.302 e. The Kier molecular flexibility index (Phi) is 5.00. The average molecular weight is 295 g/mol. The molecule has 1 aromatic rings. The lowest BCUT2D eigenvalue weighted by Gasteiger charge is -2.42. The molecule has 0 aromatic carbocycles. The molecule has 0 fully saturated rings. The molecule has 0 radical (unpaired) electrons. The summed E-state index contributed by atoms with van der Waals surface area (Å²) < 4.78 is 39.0.